The number of likely N-dealkylation sites (N-methyl/N-ethyl adjacent to an activating group) is 1. The molecule has 8 heteroatoms. The van der Waals surface area contributed by atoms with Crippen LogP contribution in [0.5, 0.6) is 11.5 Å². The van der Waals surface area contributed by atoms with E-state index in [1.54, 1.807) is 43.5 Å². The third-order valence-electron chi connectivity index (χ3n) is 3.91. The molecule has 0 radical (unpaired) electrons. The minimum atomic E-state index is -0.342. The molecule has 0 spiro atoms. The third kappa shape index (κ3) is 4.95. The number of nitriles is 1. The Balaban J connectivity index is 1.86. The summed E-state index contributed by atoms with van der Waals surface area (Å²) in [7, 11) is 1.64. The van der Waals surface area contributed by atoms with Crippen molar-refractivity contribution in [2.45, 2.75) is 6.92 Å². The molecule has 3 rings (SSSR count). The van der Waals surface area contributed by atoms with Gasteiger partial charge in [-0.15, -0.1) is 0 Å². The normalized spacial score (nSPS) is 16.3. The number of hydrogen-bond acceptors (Lipinski definition) is 6. The summed E-state index contributed by atoms with van der Waals surface area (Å²) in [5.41, 5.74) is 1.32. The minimum Gasteiger partial charge on any atom is -0.490 e. The van der Waals surface area contributed by atoms with Crippen LogP contribution < -0.4 is 9.47 Å². The molecule has 0 aromatic heterocycles. The van der Waals surface area contributed by atoms with Gasteiger partial charge >= 0.3 is 0 Å². The van der Waals surface area contributed by atoms with E-state index < -0.39 is 0 Å². The van der Waals surface area contributed by atoms with Gasteiger partial charge in [-0.05, 0) is 66.7 Å². The molecule has 148 valence electrons. The van der Waals surface area contributed by atoms with Gasteiger partial charge < -0.3 is 9.47 Å². The zero-order valence-corrected chi connectivity index (χ0v) is 16.7. The highest BCUT2D eigenvalue weighted by Crippen LogP contribution is 2.35. The van der Waals surface area contributed by atoms with Crippen LogP contribution >= 0.6 is 11.8 Å². The van der Waals surface area contributed by atoms with Crippen molar-refractivity contribution in [2.75, 3.05) is 20.3 Å². The lowest BCUT2D eigenvalue weighted by molar-refractivity contribution is -0.121. The smallest absolute Gasteiger partial charge is 0.266 e. The summed E-state index contributed by atoms with van der Waals surface area (Å²) in [6.45, 7) is 2.21. The SMILES string of the molecule is CCOc1cc(/C=C2/SC(=Nc3ccc(F)cc3)N(C)C2=O)ccc1OCC#N. The van der Waals surface area contributed by atoms with E-state index in [4.69, 9.17) is 14.7 Å². The number of hydrogen-bond donors (Lipinski definition) is 0. The molecule has 0 unspecified atom stereocenters. The predicted molar refractivity (Wildman–Crippen MR) is 111 cm³/mol. The van der Waals surface area contributed by atoms with Crippen LogP contribution in [0.2, 0.25) is 0 Å². The van der Waals surface area contributed by atoms with Crippen LogP contribution in [-0.2, 0) is 4.79 Å². The van der Waals surface area contributed by atoms with Crippen molar-refractivity contribution in [2.24, 2.45) is 4.99 Å². The molecule has 0 aliphatic carbocycles. The fraction of sp³-hybridized carbons (Fsp3) is 0.190. The summed E-state index contributed by atoms with van der Waals surface area (Å²) in [4.78, 5) is 19.0. The van der Waals surface area contributed by atoms with Crippen molar-refractivity contribution in [3.8, 4) is 17.6 Å². The van der Waals surface area contributed by atoms with Gasteiger partial charge in [-0.2, -0.15) is 5.26 Å². The topological polar surface area (TPSA) is 74.9 Å². The van der Waals surface area contributed by atoms with Crippen LogP contribution in [0.4, 0.5) is 10.1 Å². The van der Waals surface area contributed by atoms with Gasteiger partial charge in [-0.3, -0.25) is 9.69 Å². The Hall–Kier alpha value is -3.31. The van der Waals surface area contributed by atoms with E-state index in [2.05, 4.69) is 4.99 Å². The van der Waals surface area contributed by atoms with Gasteiger partial charge in [-0.1, -0.05) is 6.07 Å². The lowest BCUT2D eigenvalue weighted by Crippen LogP contribution is -2.23. The van der Waals surface area contributed by atoms with Crippen molar-refractivity contribution in [1.29, 1.82) is 5.26 Å². The molecule has 0 atom stereocenters. The maximum Gasteiger partial charge on any atom is 0.266 e. The Labute approximate surface area is 172 Å². The maximum atomic E-state index is 13.1. The van der Waals surface area contributed by atoms with Gasteiger partial charge in [0.25, 0.3) is 5.91 Å². The number of amidine groups is 1. The number of halogens is 1. The molecule has 1 heterocycles. The molecule has 29 heavy (non-hydrogen) atoms. The Bertz CT molecular complexity index is 1010. The van der Waals surface area contributed by atoms with Gasteiger partial charge in [0.1, 0.15) is 11.9 Å². The van der Waals surface area contributed by atoms with Gasteiger partial charge in [-0.25, -0.2) is 9.38 Å². The predicted octanol–water partition coefficient (Wildman–Crippen LogP) is 4.36. The van der Waals surface area contributed by atoms with Crippen LogP contribution in [0, 0.1) is 17.1 Å². The molecule has 1 aliphatic rings. The Kier molecular flexibility index (Phi) is 6.52. The molecule has 2 aromatic carbocycles. The molecule has 1 amide bonds. The van der Waals surface area contributed by atoms with Crippen LogP contribution in [0.15, 0.2) is 52.4 Å². The second kappa shape index (κ2) is 9.26. The molecule has 1 fully saturated rings. The largest absolute Gasteiger partial charge is 0.490 e. The van der Waals surface area contributed by atoms with Crippen molar-refractivity contribution < 1.29 is 18.7 Å². The fourth-order valence-electron chi connectivity index (χ4n) is 2.54. The van der Waals surface area contributed by atoms with E-state index in [-0.39, 0.29) is 18.3 Å². The molecular formula is C21H18FN3O3S. The van der Waals surface area contributed by atoms with Crippen molar-refractivity contribution in [3.05, 3.63) is 58.8 Å². The minimum absolute atomic E-state index is 0.0805. The Morgan fingerprint density at radius 1 is 1.21 bits per heavy atom. The Morgan fingerprint density at radius 2 is 1.97 bits per heavy atom. The molecule has 0 N–H and O–H groups in total. The monoisotopic (exact) mass is 411 g/mol. The molecular weight excluding hydrogens is 393 g/mol. The van der Waals surface area contributed by atoms with E-state index in [0.717, 1.165) is 5.56 Å². The highest BCUT2D eigenvalue weighted by Gasteiger charge is 2.30. The summed E-state index contributed by atoms with van der Waals surface area (Å²) >= 11 is 1.24. The van der Waals surface area contributed by atoms with E-state index in [9.17, 15) is 9.18 Å². The molecule has 1 aliphatic heterocycles. The standard InChI is InChI=1S/C21H18FN3O3S/c1-3-27-18-12-14(4-9-17(18)28-11-10-23)13-19-20(26)25(2)21(29-19)24-16-7-5-15(22)6-8-16/h4-9,12-13H,3,11H2,1-2H3/b19-13+,24-21?. The first-order valence-corrected chi connectivity index (χ1v) is 9.62. The average Bonchev–Trinajstić information content (AvgIpc) is 2.97. The first kappa shape index (κ1) is 20.4. The molecule has 0 saturated carbocycles. The molecule has 6 nitrogen and oxygen atoms in total. The number of nitrogens with zero attached hydrogens (tertiary/aromatic N) is 3. The van der Waals surface area contributed by atoms with E-state index in [1.165, 1.54) is 28.8 Å². The number of benzene rings is 2. The summed E-state index contributed by atoms with van der Waals surface area (Å²) in [6, 6.07) is 12.9. The number of amides is 1. The van der Waals surface area contributed by atoms with Crippen molar-refractivity contribution >= 4 is 34.6 Å². The average molecular weight is 411 g/mol. The van der Waals surface area contributed by atoms with Crippen LogP contribution in [-0.4, -0.2) is 36.2 Å². The zero-order chi connectivity index (χ0) is 20.8. The van der Waals surface area contributed by atoms with Crippen LogP contribution in [0.25, 0.3) is 6.08 Å². The summed E-state index contributed by atoms with van der Waals surface area (Å²) in [6.07, 6.45) is 1.74. The highest BCUT2D eigenvalue weighted by atomic mass is 32.2. The number of thioether (sulfide) groups is 1. The van der Waals surface area contributed by atoms with Gasteiger partial charge in [0, 0.05) is 7.05 Å². The second-order valence-corrected chi connectivity index (χ2v) is 6.94. The maximum absolute atomic E-state index is 13.1. The number of aliphatic imine (C=N–C) groups is 1. The van der Waals surface area contributed by atoms with E-state index >= 15 is 0 Å². The van der Waals surface area contributed by atoms with Crippen molar-refractivity contribution in [1.82, 2.24) is 4.90 Å². The van der Waals surface area contributed by atoms with Crippen LogP contribution in [0.1, 0.15) is 12.5 Å². The van der Waals surface area contributed by atoms with E-state index in [0.29, 0.717) is 33.9 Å². The number of carbonyl (C=O) groups excluding carboxylic acids is 1. The number of ether oxygens (including phenoxy) is 2. The zero-order valence-electron chi connectivity index (χ0n) is 15.9. The summed E-state index contributed by atoms with van der Waals surface area (Å²) in [5.74, 6) is 0.446. The second-order valence-electron chi connectivity index (χ2n) is 5.93. The number of rotatable bonds is 6. The molecule has 2 aromatic rings. The number of carbonyl (C=O) groups is 1. The Morgan fingerprint density at radius 3 is 2.66 bits per heavy atom. The lowest BCUT2D eigenvalue weighted by Gasteiger charge is -2.10. The van der Waals surface area contributed by atoms with Gasteiger partial charge in [0.15, 0.2) is 23.3 Å². The molecule has 1 saturated heterocycles. The highest BCUT2D eigenvalue weighted by molar-refractivity contribution is 8.18. The quantitative estimate of drug-likeness (QED) is 0.660. The lowest BCUT2D eigenvalue weighted by atomic mass is 10.2. The van der Waals surface area contributed by atoms with Crippen molar-refractivity contribution in [3.63, 3.8) is 0 Å². The first-order chi connectivity index (χ1) is 14.0. The first-order valence-electron chi connectivity index (χ1n) is 8.80. The van der Waals surface area contributed by atoms with Gasteiger partial charge in [0.2, 0.25) is 0 Å². The van der Waals surface area contributed by atoms with Gasteiger partial charge in [0.05, 0.1) is 17.2 Å². The van der Waals surface area contributed by atoms with Crippen LogP contribution in [0.3, 0.4) is 0 Å². The van der Waals surface area contributed by atoms with E-state index in [1.807, 2.05) is 13.0 Å². The summed E-state index contributed by atoms with van der Waals surface area (Å²) < 4.78 is 24.0. The fourth-order valence-corrected chi connectivity index (χ4v) is 3.53. The summed E-state index contributed by atoms with van der Waals surface area (Å²) in [5, 5.41) is 9.20. The third-order valence-corrected chi connectivity index (χ3v) is 4.97. The molecule has 0 bridgehead atoms.